The Bertz CT molecular complexity index is 1200. The second kappa shape index (κ2) is 7.46. The van der Waals surface area contributed by atoms with E-state index < -0.39 is 41.1 Å². The molecule has 1 amide bonds. The molecule has 3 aromatic rings. The number of hydrogen-bond donors (Lipinski definition) is 2. The number of fused-ring (bicyclic) bond motifs is 1. The fourth-order valence-electron chi connectivity index (χ4n) is 2.83. The largest absolute Gasteiger partial charge is 0.418 e. The molecule has 0 saturated carbocycles. The minimum Gasteiger partial charge on any atom is -0.378 e. The zero-order chi connectivity index (χ0) is 21.3. The summed E-state index contributed by atoms with van der Waals surface area (Å²) < 4.78 is 40.8. The van der Waals surface area contributed by atoms with Crippen molar-refractivity contribution in [3.8, 4) is 0 Å². The molecule has 2 aromatic carbocycles. The third-order valence-electron chi connectivity index (χ3n) is 4.29. The van der Waals surface area contributed by atoms with Crippen LogP contribution in [0.1, 0.15) is 5.56 Å². The molecule has 3 rings (SSSR count). The Hall–Kier alpha value is -3.56. The van der Waals surface area contributed by atoms with Crippen LogP contribution in [0.15, 0.2) is 52.1 Å². The van der Waals surface area contributed by atoms with E-state index in [1.807, 2.05) is 0 Å². The maximum absolute atomic E-state index is 13.4. The first-order valence-electron chi connectivity index (χ1n) is 8.48. The molecule has 0 atom stereocenters. The molecule has 1 heterocycles. The molecule has 0 unspecified atom stereocenters. The van der Waals surface area contributed by atoms with Crippen LogP contribution < -0.4 is 21.5 Å². The molecule has 0 spiro atoms. The van der Waals surface area contributed by atoms with Crippen LogP contribution >= 0.6 is 0 Å². The Kier molecular flexibility index (Phi) is 5.19. The molecule has 0 fully saturated rings. The van der Waals surface area contributed by atoms with Crippen LogP contribution in [0.4, 0.5) is 24.5 Å². The second-order valence-electron chi connectivity index (χ2n) is 6.54. The van der Waals surface area contributed by atoms with Crippen molar-refractivity contribution < 1.29 is 18.0 Å². The van der Waals surface area contributed by atoms with Crippen molar-refractivity contribution in [2.45, 2.75) is 12.7 Å². The summed E-state index contributed by atoms with van der Waals surface area (Å²) in [6.07, 6.45) is -4.70. The first kappa shape index (κ1) is 20.2. The molecule has 1 aromatic heterocycles. The third-order valence-corrected chi connectivity index (χ3v) is 4.29. The van der Waals surface area contributed by atoms with Gasteiger partial charge in [-0.2, -0.15) is 13.2 Å². The number of nitrogens with one attached hydrogen (secondary N) is 2. The van der Waals surface area contributed by atoms with Crippen LogP contribution in [-0.4, -0.2) is 29.6 Å². The number of aromatic amines is 1. The van der Waals surface area contributed by atoms with Crippen molar-refractivity contribution in [3.05, 3.63) is 68.9 Å². The Morgan fingerprint density at radius 1 is 1.14 bits per heavy atom. The smallest absolute Gasteiger partial charge is 0.378 e. The number of aromatic nitrogens is 2. The van der Waals surface area contributed by atoms with Gasteiger partial charge in [0.15, 0.2) is 0 Å². The summed E-state index contributed by atoms with van der Waals surface area (Å²) in [6.45, 7) is -0.730. The molecule has 0 bridgehead atoms. The standard InChI is InChI=1S/C19H17F3N4O3/c1-25(2)11-7-8-15(13(9-11)19(20,21)22)23-16(27)10-26-17(28)12-5-3-4-6-14(12)24-18(26)29/h3-9H,10H2,1-2H3,(H,23,27)(H,24,29). The highest BCUT2D eigenvalue weighted by Gasteiger charge is 2.34. The molecule has 152 valence electrons. The molecule has 0 radical (unpaired) electrons. The summed E-state index contributed by atoms with van der Waals surface area (Å²) >= 11 is 0. The lowest BCUT2D eigenvalue weighted by molar-refractivity contribution is -0.136. The average Bonchev–Trinajstić information content (AvgIpc) is 2.64. The van der Waals surface area contributed by atoms with Gasteiger partial charge in [-0.15, -0.1) is 0 Å². The highest BCUT2D eigenvalue weighted by molar-refractivity contribution is 5.92. The first-order chi connectivity index (χ1) is 13.6. The lowest BCUT2D eigenvalue weighted by Gasteiger charge is -2.18. The fourth-order valence-corrected chi connectivity index (χ4v) is 2.83. The Morgan fingerprint density at radius 3 is 2.48 bits per heavy atom. The maximum atomic E-state index is 13.4. The molecule has 10 heteroatoms. The van der Waals surface area contributed by atoms with E-state index in [1.165, 1.54) is 23.1 Å². The monoisotopic (exact) mass is 406 g/mol. The van der Waals surface area contributed by atoms with E-state index in [-0.39, 0.29) is 5.39 Å². The van der Waals surface area contributed by atoms with Gasteiger partial charge in [0.1, 0.15) is 6.54 Å². The van der Waals surface area contributed by atoms with Gasteiger partial charge >= 0.3 is 11.9 Å². The van der Waals surface area contributed by atoms with E-state index in [2.05, 4.69) is 10.3 Å². The minimum absolute atomic E-state index is 0.186. The van der Waals surface area contributed by atoms with Crippen molar-refractivity contribution in [1.29, 1.82) is 0 Å². The lowest BCUT2D eigenvalue weighted by atomic mass is 10.1. The van der Waals surface area contributed by atoms with Gasteiger partial charge in [0.25, 0.3) is 5.56 Å². The van der Waals surface area contributed by atoms with Crippen molar-refractivity contribution in [2.24, 2.45) is 0 Å². The zero-order valence-corrected chi connectivity index (χ0v) is 15.5. The molecule has 0 aliphatic rings. The number of halogens is 3. The van der Waals surface area contributed by atoms with Crippen molar-refractivity contribution >= 4 is 28.2 Å². The summed E-state index contributed by atoms with van der Waals surface area (Å²) in [4.78, 5) is 40.9. The average molecular weight is 406 g/mol. The summed E-state index contributed by atoms with van der Waals surface area (Å²) in [6, 6.07) is 9.68. The number of hydrogen-bond acceptors (Lipinski definition) is 4. The molecule has 7 nitrogen and oxygen atoms in total. The summed E-state index contributed by atoms with van der Waals surface area (Å²) in [5.41, 5.74) is -2.42. The number of alkyl halides is 3. The highest BCUT2D eigenvalue weighted by atomic mass is 19.4. The van der Waals surface area contributed by atoms with Gasteiger partial charge < -0.3 is 15.2 Å². The van der Waals surface area contributed by atoms with Gasteiger partial charge in [-0.25, -0.2) is 4.79 Å². The molecule has 0 aliphatic carbocycles. The third kappa shape index (κ3) is 4.15. The number of nitrogens with zero attached hydrogens (tertiary/aromatic N) is 2. The van der Waals surface area contributed by atoms with E-state index >= 15 is 0 Å². The number of carbonyl (C=O) groups is 1. The second-order valence-corrected chi connectivity index (χ2v) is 6.54. The summed E-state index contributed by atoms with van der Waals surface area (Å²) in [5.74, 6) is -0.934. The van der Waals surface area contributed by atoms with Crippen LogP contribution in [0, 0.1) is 0 Å². The van der Waals surface area contributed by atoms with Gasteiger partial charge in [-0.1, -0.05) is 12.1 Å². The van der Waals surface area contributed by atoms with Crippen LogP contribution in [0.5, 0.6) is 0 Å². The number of H-pyrrole nitrogens is 1. The molecular weight excluding hydrogens is 389 g/mol. The van der Waals surface area contributed by atoms with Crippen molar-refractivity contribution in [1.82, 2.24) is 9.55 Å². The first-order valence-corrected chi connectivity index (χ1v) is 8.48. The van der Waals surface area contributed by atoms with Gasteiger partial charge in [0, 0.05) is 19.8 Å². The number of amides is 1. The lowest BCUT2D eigenvalue weighted by Crippen LogP contribution is -2.38. The SMILES string of the molecule is CN(C)c1ccc(NC(=O)Cn2c(=O)[nH]c3ccccc3c2=O)c(C(F)(F)F)c1. The Morgan fingerprint density at radius 2 is 1.83 bits per heavy atom. The molecule has 0 aliphatic heterocycles. The predicted octanol–water partition coefficient (Wildman–Crippen LogP) is 2.41. The summed E-state index contributed by atoms with van der Waals surface area (Å²) in [5, 5.41) is 2.33. The molecule has 2 N–H and O–H groups in total. The van der Waals surface area contributed by atoms with E-state index in [1.54, 1.807) is 26.2 Å². The van der Waals surface area contributed by atoms with Crippen molar-refractivity contribution in [2.75, 3.05) is 24.3 Å². The number of rotatable bonds is 4. The van der Waals surface area contributed by atoms with E-state index in [0.29, 0.717) is 15.8 Å². The predicted molar refractivity (Wildman–Crippen MR) is 103 cm³/mol. The Balaban J connectivity index is 1.93. The van der Waals surface area contributed by atoms with Crippen LogP contribution in [-0.2, 0) is 17.5 Å². The Labute approximate surface area is 162 Å². The number of anilines is 2. The summed E-state index contributed by atoms with van der Waals surface area (Å²) in [7, 11) is 3.18. The van der Waals surface area contributed by atoms with E-state index in [4.69, 9.17) is 0 Å². The molecule has 29 heavy (non-hydrogen) atoms. The van der Waals surface area contributed by atoms with Crippen LogP contribution in [0.25, 0.3) is 10.9 Å². The number of para-hydroxylation sites is 1. The number of carbonyl (C=O) groups excluding carboxylic acids is 1. The van der Waals surface area contributed by atoms with E-state index in [0.717, 1.165) is 12.1 Å². The molecular formula is C19H17F3N4O3. The normalized spacial score (nSPS) is 11.5. The van der Waals surface area contributed by atoms with Crippen LogP contribution in [0.2, 0.25) is 0 Å². The maximum Gasteiger partial charge on any atom is 0.418 e. The van der Waals surface area contributed by atoms with Gasteiger partial charge in [-0.05, 0) is 30.3 Å². The zero-order valence-electron chi connectivity index (χ0n) is 15.5. The molecule has 0 saturated heterocycles. The number of benzene rings is 2. The van der Waals surface area contributed by atoms with Crippen molar-refractivity contribution in [3.63, 3.8) is 0 Å². The van der Waals surface area contributed by atoms with Crippen LogP contribution in [0.3, 0.4) is 0 Å². The van der Waals surface area contributed by atoms with Gasteiger partial charge in [0.05, 0.1) is 22.2 Å². The van der Waals surface area contributed by atoms with Gasteiger partial charge in [-0.3, -0.25) is 14.2 Å². The quantitative estimate of drug-likeness (QED) is 0.697. The van der Waals surface area contributed by atoms with Gasteiger partial charge in [0.2, 0.25) is 5.91 Å². The fraction of sp³-hybridized carbons (Fsp3) is 0.211. The van der Waals surface area contributed by atoms with E-state index in [9.17, 15) is 27.6 Å². The topological polar surface area (TPSA) is 87.2 Å². The minimum atomic E-state index is -4.70. The highest BCUT2D eigenvalue weighted by Crippen LogP contribution is 2.37.